The molecule has 1 aromatic carbocycles. The van der Waals surface area contributed by atoms with Crippen LogP contribution in [-0.2, 0) is 0 Å². The summed E-state index contributed by atoms with van der Waals surface area (Å²) in [5, 5.41) is 9.78. The first-order chi connectivity index (χ1) is 11.4. The third kappa shape index (κ3) is 11.5. The number of nitrogens with one attached hydrogen (secondary N) is 3. The van der Waals surface area contributed by atoms with Crippen molar-refractivity contribution in [3.8, 4) is 0 Å². The fourth-order valence-corrected chi connectivity index (χ4v) is 3.76. The number of halogens is 1. The quantitative estimate of drug-likeness (QED) is 0.117. The van der Waals surface area contributed by atoms with Crippen molar-refractivity contribution in [3.63, 3.8) is 0 Å². The number of nitrogens with zero attached hydrogens (tertiary/aromatic N) is 1. The monoisotopic (exact) mass is 434 g/mol. The molecule has 0 saturated heterocycles. The van der Waals surface area contributed by atoms with Crippen molar-refractivity contribution in [2.45, 2.75) is 25.7 Å². The first-order valence-electron chi connectivity index (χ1n) is 8.28. The molecule has 0 amide bonds. The Bertz CT molecular complexity index is 402. The summed E-state index contributed by atoms with van der Waals surface area (Å²) in [5.74, 6) is 0. The standard InChI is InChI=1S/C16H29IN5O/c18-9-3-12-19-10-1-2-11-20-13-4-14-21-17-15-5-7-16(22-23)8-6-15/h5-8,19-21H,1-4,9-14,18H2/q-1. The predicted molar refractivity (Wildman–Crippen MR) is 91.9 cm³/mol. The molecule has 0 fully saturated rings. The van der Waals surface area contributed by atoms with Crippen LogP contribution in [-0.4, -0.2) is 39.3 Å². The second-order valence-corrected chi connectivity index (χ2v) is 7.80. The SMILES string of the molecule is NCCCNCCCCNCCCN[I-]c1ccc(N=O)cc1. The van der Waals surface area contributed by atoms with Gasteiger partial charge in [0.25, 0.3) is 0 Å². The van der Waals surface area contributed by atoms with Crippen LogP contribution in [0.2, 0.25) is 0 Å². The summed E-state index contributed by atoms with van der Waals surface area (Å²) in [4.78, 5) is 10.3. The molecule has 0 radical (unpaired) electrons. The van der Waals surface area contributed by atoms with Crippen molar-refractivity contribution >= 4 is 5.69 Å². The Hall–Kier alpha value is -0.610. The van der Waals surface area contributed by atoms with Crippen LogP contribution >= 0.6 is 0 Å². The molecule has 0 aliphatic carbocycles. The van der Waals surface area contributed by atoms with Crippen molar-refractivity contribution in [2.24, 2.45) is 10.9 Å². The molecule has 0 atom stereocenters. The van der Waals surface area contributed by atoms with Crippen LogP contribution in [0.3, 0.4) is 0 Å². The number of unbranched alkanes of at least 4 members (excludes halogenated alkanes) is 1. The van der Waals surface area contributed by atoms with Gasteiger partial charge in [-0.2, -0.15) is 0 Å². The molecule has 0 aliphatic rings. The molecule has 0 bridgehead atoms. The number of rotatable bonds is 15. The summed E-state index contributed by atoms with van der Waals surface area (Å²) < 4.78 is 4.79. The fourth-order valence-electron chi connectivity index (χ4n) is 1.95. The first kappa shape index (κ1) is 20.4. The van der Waals surface area contributed by atoms with E-state index in [1.54, 1.807) is 12.1 Å². The molecular formula is C16H29IN5O-. The van der Waals surface area contributed by atoms with Crippen LogP contribution in [0.15, 0.2) is 29.4 Å². The van der Waals surface area contributed by atoms with Crippen LogP contribution < -0.4 is 41.4 Å². The van der Waals surface area contributed by atoms with Gasteiger partial charge in [0.05, 0.1) is 0 Å². The summed E-state index contributed by atoms with van der Waals surface area (Å²) in [6, 6.07) is 7.51. The van der Waals surface area contributed by atoms with E-state index in [9.17, 15) is 4.91 Å². The molecule has 0 aromatic heterocycles. The van der Waals surface area contributed by atoms with Gasteiger partial charge in [-0.25, -0.2) is 0 Å². The molecule has 0 saturated carbocycles. The van der Waals surface area contributed by atoms with Gasteiger partial charge in [0.1, 0.15) is 0 Å². The Balaban J connectivity index is 1.83. The molecule has 6 nitrogen and oxygen atoms in total. The number of hydrogen-bond acceptors (Lipinski definition) is 6. The topological polar surface area (TPSA) is 91.5 Å². The molecule has 7 heteroatoms. The molecule has 0 aliphatic heterocycles. The molecule has 5 N–H and O–H groups in total. The molecule has 1 rings (SSSR count). The van der Waals surface area contributed by atoms with Crippen molar-refractivity contribution in [2.75, 3.05) is 39.3 Å². The Morgan fingerprint density at radius 1 is 0.870 bits per heavy atom. The summed E-state index contributed by atoms with van der Waals surface area (Å²) in [7, 11) is 0. The number of nitroso groups, excluding NO2 is 1. The van der Waals surface area contributed by atoms with Crippen molar-refractivity contribution < 1.29 is 21.5 Å². The second-order valence-electron chi connectivity index (χ2n) is 5.25. The Labute approximate surface area is 150 Å². The van der Waals surface area contributed by atoms with E-state index in [1.165, 1.54) is 16.4 Å². The van der Waals surface area contributed by atoms with Gasteiger partial charge in [-0.1, -0.05) is 0 Å². The van der Waals surface area contributed by atoms with Crippen molar-refractivity contribution in [3.05, 3.63) is 32.7 Å². The number of benzene rings is 1. The van der Waals surface area contributed by atoms with Crippen molar-refractivity contribution in [1.29, 1.82) is 0 Å². The van der Waals surface area contributed by atoms with E-state index in [4.69, 9.17) is 5.73 Å². The van der Waals surface area contributed by atoms with E-state index in [0.29, 0.717) is 5.69 Å². The Morgan fingerprint density at radius 3 is 2.09 bits per heavy atom. The molecule has 0 unspecified atom stereocenters. The molecule has 1 aromatic rings. The van der Waals surface area contributed by atoms with Gasteiger partial charge in [-0.05, 0) is 6.54 Å². The minimum absolute atomic E-state index is 0.170. The van der Waals surface area contributed by atoms with Crippen LogP contribution in [0.25, 0.3) is 0 Å². The predicted octanol–water partition coefficient (Wildman–Crippen LogP) is -1.45. The Morgan fingerprint density at radius 2 is 1.48 bits per heavy atom. The summed E-state index contributed by atoms with van der Waals surface area (Å²) in [5.41, 5.74) is 5.93. The van der Waals surface area contributed by atoms with Crippen LogP contribution in [0, 0.1) is 8.48 Å². The average Bonchev–Trinajstić information content (AvgIpc) is 2.59. The summed E-state index contributed by atoms with van der Waals surface area (Å²) in [6.45, 7) is 6.08. The first-order valence-corrected chi connectivity index (χ1v) is 10.4. The number of hydrogen-bond donors (Lipinski definition) is 4. The van der Waals surface area contributed by atoms with Gasteiger partial charge in [0.2, 0.25) is 0 Å². The zero-order valence-electron chi connectivity index (χ0n) is 13.7. The zero-order valence-corrected chi connectivity index (χ0v) is 15.8. The van der Waals surface area contributed by atoms with Crippen LogP contribution in [0.1, 0.15) is 25.7 Å². The maximum absolute atomic E-state index is 10.3. The third-order valence-electron chi connectivity index (χ3n) is 3.25. The molecule has 23 heavy (non-hydrogen) atoms. The Kier molecular flexibility index (Phi) is 13.3. The van der Waals surface area contributed by atoms with Gasteiger partial charge in [0, 0.05) is 0 Å². The van der Waals surface area contributed by atoms with E-state index in [1.807, 2.05) is 12.1 Å². The second kappa shape index (κ2) is 14.9. The molecule has 132 valence electrons. The van der Waals surface area contributed by atoms with Crippen LogP contribution in [0.5, 0.6) is 0 Å². The van der Waals surface area contributed by atoms with Crippen molar-refractivity contribution in [1.82, 2.24) is 14.2 Å². The molecule has 0 heterocycles. The molecular weight excluding hydrogens is 405 g/mol. The fraction of sp³-hybridized carbons (Fsp3) is 0.625. The molecule has 0 spiro atoms. The van der Waals surface area contributed by atoms with Gasteiger partial charge in [-0.15, -0.1) is 0 Å². The van der Waals surface area contributed by atoms with Gasteiger partial charge >= 0.3 is 138 Å². The van der Waals surface area contributed by atoms with Crippen LogP contribution in [0.4, 0.5) is 5.69 Å². The zero-order chi connectivity index (χ0) is 16.6. The van der Waals surface area contributed by atoms with E-state index in [0.717, 1.165) is 52.1 Å². The maximum atomic E-state index is 10.3. The van der Waals surface area contributed by atoms with Gasteiger partial charge in [-0.3, -0.25) is 0 Å². The van der Waals surface area contributed by atoms with E-state index >= 15 is 0 Å². The van der Waals surface area contributed by atoms with E-state index in [-0.39, 0.29) is 21.5 Å². The average molecular weight is 434 g/mol. The number of nitrogens with two attached hydrogens (primary N) is 1. The summed E-state index contributed by atoms with van der Waals surface area (Å²) >= 11 is -0.170. The van der Waals surface area contributed by atoms with Gasteiger partial charge < -0.3 is 5.73 Å². The minimum atomic E-state index is -0.170. The van der Waals surface area contributed by atoms with E-state index in [2.05, 4.69) is 19.3 Å². The van der Waals surface area contributed by atoms with E-state index < -0.39 is 0 Å². The third-order valence-corrected chi connectivity index (χ3v) is 5.51. The van der Waals surface area contributed by atoms with Gasteiger partial charge in [0.15, 0.2) is 0 Å². The summed E-state index contributed by atoms with van der Waals surface area (Å²) in [6.07, 6.45) is 4.63. The normalized spacial score (nSPS) is 11.0.